The highest BCUT2D eigenvalue weighted by atomic mass is 19.4. The van der Waals surface area contributed by atoms with Crippen LogP contribution in [-0.2, 0) is 24.1 Å². The number of aromatic nitrogens is 2. The number of nitrogens with one attached hydrogen (secondary N) is 2. The van der Waals surface area contributed by atoms with E-state index in [-0.39, 0.29) is 37.7 Å². The van der Waals surface area contributed by atoms with Crippen molar-refractivity contribution in [1.82, 2.24) is 15.1 Å². The summed E-state index contributed by atoms with van der Waals surface area (Å²) in [5, 5.41) is 17.9. The fourth-order valence-electron chi connectivity index (χ4n) is 2.09. The highest BCUT2D eigenvalue weighted by Gasteiger charge is 2.32. The van der Waals surface area contributed by atoms with Gasteiger partial charge in [-0.05, 0) is 11.6 Å². The van der Waals surface area contributed by atoms with E-state index in [1.807, 2.05) is 0 Å². The van der Waals surface area contributed by atoms with Gasteiger partial charge in [0.2, 0.25) is 5.91 Å². The number of aliphatic hydroxyl groups is 1. The Bertz CT molecular complexity index is 685. The van der Waals surface area contributed by atoms with E-state index in [1.165, 1.54) is 29.2 Å². The average molecular weight is 342 g/mol. The average Bonchev–Trinajstić information content (AvgIpc) is 2.97. The second-order valence-corrected chi connectivity index (χ2v) is 5.01. The van der Waals surface area contributed by atoms with Gasteiger partial charge in [-0.1, -0.05) is 18.2 Å². The van der Waals surface area contributed by atoms with Crippen LogP contribution in [0.2, 0.25) is 0 Å². The lowest BCUT2D eigenvalue weighted by atomic mass is 10.1. The second-order valence-electron chi connectivity index (χ2n) is 5.01. The van der Waals surface area contributed by atoms with Gasteiger partial charge in [-0.2, -0.15) is 18.3 Å². The van der Waals surface area contributed by atoms with Crippen LogP contribution in [0.15, 0.2) is 36.7 Å². The Morgan fingerprint density at radius 2 is 2.04 bits per heavy atom. The van der Waals surface area contributed by atoms with Crippen molar-refractivity contribution < 1.29 is 23.1 Å². The lowest BCUT2D eigenvalue weighted by Crippen LogP contribution is -2.30. The summed E-state index contributed by atoms with van der Waals surface area (Å²) in [5.74, 6) is -0.318. The molecular formula is C15H17F3N4O2. The van der Waals surface area contributed by atoms with Crippen LogP contribution >= 0.6 is 0 Å². The summed E-state index contributed by atoms with van der Waals surface area (Å²) in [6.45, 7) is -0.0609. The molecule has 9 heteroatoms. The molecule has 0 aliphatic carbocycles. The smallest absolute Gasteiger partial charge is 0.395 e. The summed E-state index contributed by atoms with van der Waals surface area (Å²) < 4.78 is 40.1. The van der Waals surface area contributed by atoms with Crippen LogP contribution < -0.4 is 10.6 Å². The first-order valence-corrected chi connectivity index (χ1v) is 7.19. The van der Waals surface area contributed by atoms with Gasteiger partial charge in [0.25, 0.3) is 0 Å². The molecule has 1 aromatic carbocycles. The number of amides is 1. The zero-order valence-corrected chi connectivity index (χ0v) is 12.7. The molecule has 0 saturated heterocycles. The molecule has 3 N–H and O–H groups in total. The fraction of sp³-hybridized carbons (Fsp3) is 0.333. The first-order valence-electron chi connectivity index (χ1n) is 7.19. The Labute approximate surface area is 136 Å². The SMILES string of the molecule is O=C(Cn1cc(NCc2ccccc2C(F)(F)F)cn1)NCCO. The number of carbonyl (C=O) groups excluding carboxylic acids is 1. The molecule has 24 heavy (non-hydrogen) atoms. The topological polar surface area (TPSA) is 79.2 Å². The van der Waals surface area contributed by atoms with Gasteiger partial charge in [-0.15, -0.1) is 0 Å². The van der Waals surface area contributed by atoms with E-state index in [2.05, 4.69) is 15.7 Å². The summed E-state index contributed by atoms with van der Waals surface area (Å²) >= 11 is 0. The molecule has 2 rings (SSSR count). The fourth-order valence-corrected chi connectivity index (χ4v) is 2.09. The third-order valence-electron chi connectivity index (χ3n) is 3.18. The number of aliphatic hydroxyl groups excluding tert-OH is 1. The van der Waals surface area contributed by atoms with Crippen LogP contribution in [0.1, 0.15) is 11.1 Å². The summed E-state index contributed by atoms with van der Waals surface area (Å²) in [7, 11) is 0. The molecule has 0 unspecified atom stereocenters. The van der Waals surface area contributed by atoms with Gasteiger partial charge in [-0.3, -0.25) is 9.48 Å². The molecule has 1 aromatic heterocycles. The van der Waals surface area contributed by atoms with Gasteiger partial charge in [0, 0.05) is 19.3 Å². The van der Waals surface area contributed by atoms with Crippen LogP contribution in [0.4, 0.5) is 18.9 Å². The van der Waals surface area contributed by atoms with Crippen molar-refractivity contribution in [1.29, 1.82) is 0 Å². The second kappa shape index (κ2) is 7.82. The molecule has 0 bridgehead atoms. The molecule has 0 aliphatic heterocycles. The van der Waals surface area contributed by atoms with Crippen molar-refractivity contribution in [2.75, 3.05) is 18.5 Å². The monoisotopic (exact) mass is 342 g/mol. The van der Waals surface area contributed by atoms with Crippen molar-refractivity contribution in [2.45, 2.75) is 19.3 Å². The molecular weight excluding hydrogens is 325 g/mol. The molecule has 0 saturated carbocycles. The maximum atomic E-state index is 12.9. The number of rotatable bonds is 7. The number of halogens is 3. The van der Waals surface area contributed by atoms with E-state index in [4.69, 9.17) is 5.11 Å². The maximum Gasteiger partial charge on any atom is 0.416 e. The summed E-state index contributed by atoms with van der Waals surface area (Å²) in [6.07, 6.45) is -1.46. The normalized spacial score (nSPS) is 11.3. The highest BCUT2D eigenvalue weighted by molar-refractivity contribution is 5.75. The van der Waals surface area contributed by atoms with E-state index in [1.54, 1.807) is 6.07 Å². The maximum absolute atomic E-state index is 12.9. The molecule has 1 amide bonds. The minimum absolute atomic E-state index is 0.0158. The van der Waals surface area contributed by atoms with Crippen LogP contribution in [0, 0.1) is 0 Å². The first-order chi connectivity index (χ1) is 11.4. The molecule has 0 radical (unpaired) electrons. The largest absolute Gasteiger partial charge is 0.416 e. The van der Waals surface area contributed by atoms with Crippen molar-refractivity contribution >= 4 is 11.6 Å². The van der Waals surface area contributed by atoms with E-state index < -0.39 is 11.7 Å². The van der Waals surface area contributed by atoms with Crippen LogP contribution in [0.25, 0.3) is 0 Å². The standard InChI is InChI=1S/C15H17F3N4O2/c16-15(17,18)13-4-2-1-3-11(13)7-20-12-8-21-22(9-12)10-14(24)19-5-6-23/h1-4,8-9,20,23H,5-7,10H2,(H,19,24). The quantitative estimate of drug-likeness (QED) is 0.714. The van der Waals surface area contributed by atoms with Crippen molar-refractivity contribution in [3.8, 4) is 0 Å². The van der Waals surface area contributed by atoms with Crippen molar-refractivity contribution in [3.05, 3.63) is 47.8 Å². The summed E-state index contributed by atoms with van der Waals surface area (Å²) in [5.41, 5.74) is -0.0614. The van der Waals surface area contributed by atoms with Crippen LogP contribution in [-0.4, -0.2) is 33.9 Å². The minimum atomic E-state index is -4.41. The highest BCUT2D eigenvalue weighted by Crippen LogP contribution is 2.32. The third kappa shape index (κ3) is 4.98. The van der Waals surface area contributed by atoms with E-state index >= 15 is 0 Å². The van der Waals surface area contributed by atoms with Crippen molar-refractivity contribution in [2.24, 2.45) is 0 Å². The van der Waals surface area contributed by atoms with Gasteiger partial charge < -0.3 is 15.7 Å². The minimum Gasteiger partial charge on any atom is -0.395 e. The lowest BCUT2D eigenvalue weighted by Gasteiger charge is -2.13. The van der Waals surface area contributed by atoms with E-state index in [0.29, 0.717) is 5.69 Å². The molecule has 0 fully saturated rings. The number of anilines is 1. The zero-order chi connectivity index (χ0) is 17.6. The Hall–Kier alpha value is -2.55. The van der Waals surface area contributed by atoms with Crippen molar-refractivity contribution in [3.63, 3.8) is 0 Å². The molecule has 0 aliphatic rings. The molecule has 0 spiro atoms. The van der Waals surface area contributed by atoms with Crippen LogP contribution in [0.3, 0.4) is 0 Å². The lowest BCUT2D eigenvalue weighted by molar-refractivity contribution is -0.138. The number of alkyl halides is 3. The number of nitrogens with zero attached hydrogens (tertiary/aromatic N) is 2. The third-order valence-corrected chi connectivity index (χ3v) is 3.18. The molecule has 1 heterocycles. The van der Waals surface area contributed by atoms with Gasteiger partial charge in [0.05, 0.1) is 24.1 Å². The van der Waals surface area contributed by atoms with Gasteiger partial charge in [0.15, 0.2) is 0 Å². The molecule has 6 nitrogen and oxygen atoms in total. The molecule has 130 valence electrons. The predicted octanol–water partition coefficient (Wildman–Crippen LogP) is 1.62. The predicted molar refractivity (Wildman–Crippen MR) is 81.1 cm³/mol. The number of hydrogen-bond acceptors (Lipinski definition) is 4. The first kappa shape index (κ1) is 17.8. The summed E-state index contributed by atoms with van der Waals surface area (Å²) in [4.78, 5) is 11.5. The Kier molecular flexibility index (Phi) is 5.80. The Morgan fingerprint density at radius 1 is 1.29 bits per heavy atom. The van der Waals surface area contributed by atoms with Gasteiger partial charge in [-0.25, -0.2) is 0 Å². The van der Waals surface area contributed by atoms with E-state index in [9.17, 15) is 18.0 Å². The van der Waals surface area contributed by atoms with E-state index in [0.717, 1.165) is 6.07 Å². The summed E-state index contributed by atoms with van der Waals surface area (Å²) in [6, 6.07) is 5.32. The number of hydrogen-bond donors (Lipinski definition) is 3. The Balaban J connectivity index is 1.96. The zero-order valence-electron chi connectivity index (χ0n) is 12.7. The Morgan fingerprint density at radius 3 is 2.75 bits per heavy atom. The van der Waals surface area contributed by atoms with Gasteiger partial charge >= 0.3 is 6.18 Å². The molecule has 2 aromatic rings. The van der Waals surface area contributed by atoms with Gasteiger partial charge in [0.1, 0.15) is 6.54 Å². The molecule has 0 atom stereocenters. The number of benzene rings is 1. The number of carbonyl (C=O) groups is 1. The van der Waals surface area contributed by atoms with Crippen LogP contribution in [0.5, 0.6) is 0 Å².